The number of hydrogen-bond acceptors (Lipinski definition) is 1. The monoisotopic (exact) mass is 303 g/mol. The van der Waals surface area contributed by atoms with Gasteiger partial charge >= 0.3 is 0 Å². The molecule has 0 unspecified atom stereocenters. The molecule has 1 saturated carbocycles. The van der Waals surface area contributed by atoms with Crippen LogP contribution in [0.15, 0.2) is 54.6 Å². The Kier molecular flexibility index (Phi) is 3.45. The van der Waals surface area contributed by atoms with E-state index in [4.69, 9.17) is 4.98 Å². The Morgan fingerprint density at radius 1 is 1.04 bits per heavy atom. The maximum Gasteiger partial charge on any atom is 0.123 e. The molecular formula is C21H18FN. The van der Waals surface area contributed by atoms with E-state index in [1.807, 2.05) is 31.2 Å². The molecule has 0 saturated heterocycles. The second-order valence-corrected chi connectivity index (χ2v) is 6.08. The Morgan fingerprint density at radius 2 is 1.78 bits per heavy atom. The molecule has 0 spiro atoms. The van der Waals surface area contributed by atoms with Crippen molar-refractivity contribution in [1.82, 2.24) is 4.98 Å². The number of fused-ring (bicyclic) bond motifs is 1. The minimum atomic E-state index is -0.206. The van der Waals surface area contributed by atoms with Crippen molar-refractivity contribution in [2.75, 3.05) is 0 Å². The highest BCUT2D eigenvalue weighted by atomic mass is 19.1. The van der Waals surface area contributed by atoms with Crippen LogP contribution < -0.4 is 0 Å². The fourth-order valence-corrected chi connectivity index (χ4v) is 3.18. The summed E-state index contributed by atoms with van der Waals surface area (Å²) in [6.07, 6.45) is 6.62. The second kappa shape index (κ2) is 5.62. The van der Waals surface area contributed by atoms with E-state index < -0.39 is 0 Å². The normalized spacial score (nSPS) is 14.7. The molecule has 1 nitrogen and oxygen atoms in total. The summed E-state index contributed by atoms with van der Waals surface area (Å²) in [6.45, 7) is 2.03. The van der Waals surface area contributed by atoms with Crippen LogP contribution in [0, 0.1) is 5.82 Å². The summed E-state index contributed by atoms with van der Waals surface area (Å²) >= 11 is 0. The van der Waals surface area contributed by atoms with Crippen molar-refractivity contribution in [3.8, 4) is 11.1 Å². The standard InChI is InChI=1S/C21H18FN/c1-2-5-18-20(14-10-12-16(22)13-11-14)17-6-3-4-7-19(17)23-21(18)15-8-9-15/h2-7,10-13,15H,8-9H2,1H3. The van der Waals surface area contributed by atoms with E-state index in [0.29, 0.717) is 5.92 Å². The molecule has 0 N–H and O–H groups in total. The van der Waals surface area contributed by atoms with Crippen molar-refractivity contribution in [3.05, 3.63) is 71.7 Å². The van der Waals surface area contributed by atoms with Gasteiger partial charge in [-0.05, 0) is 43.5 Å². The molecule has 1 fully saturated rings. The van der Waals surface area contributed by atoms with Crippen LogP contribution in [0.2, 0.25) is 0 Å². The van der Waals surface area contributed by atoms with Gasteiger partial charge in [0.2, 0.25) is 0 Å². The van der Waals surface area contributed by atoms with Gasteiger partial charge < -0.3 is 0 Å². The minimum Gasteiger partial charge on any atom is -0.252 e. The first-order valence-corrected chi connectivity index (χ1v) is 8.09. The number of benzene rings is 2. The van der Waals surface area contributed by atoms with Crippen molar-refractivity contribution in [1.29, 1.82) is 0 Å². The van der Waals surface area contributed by atoms with Crippen molar-refractivity contribution in [3.63, 3.8) is 0 Å². The first-order chi connectivity index (χ1) is 11.3. The molecule has 0 bridgehead atoms. The highest BCUT2D eigenvalue weighted by Crippen LogP contribution is 2.45. The van der Waals surface area contributed by atoms with Gasteiger partial charge in [0.05, 0.1) is 11.2 Å². The van der Waals surface area contributed by atoms with E-state index in [1.54, 1.807) is 0 Å². The van der Waals surface area contributed by atoms with Crippen molar-refractivity contribution < 1.29 is 4.39 Å². The van der Waals surface area contributed by atoms with Gasteiger partial charge in [-0.1, -0.05) is 42.5 Å². The van der Waals surface area contributed by atoms with Crippen molar-refractivity contribution >= 4 is 17.0 Å². The van der Waals surface area contributed by atoms with E-state index in [0.717, 1.165) is 22.0 Å². The number of aromatic nitrogens is 1. The van der Waals surface area contributed by atoms with Gasteiger partial charge in [-0.15, -0.1) is 0 Å². The lowest BCUT2D eigenvalue weighted by atomic mass is 9.92. The summed E-state index contributed by atoms with van der Waals surface area (Å²) < 4.78 is 13.4. The SMILES string of the molecule is CC=Cc1c(C2CC2)nc2ccccc2c1-c1ccc(F)cc1. The third-order valence-corrected chi connectivity index (χ3v) is 4.39. The average Bonchev–Trinajstić information content (AvgIpc) is 3.40. The second-order valence-electron chi connectivity index (χ2n) is 6.08. The van der Waals surface area contributed by atoms with Crippen molar-refractivity contribution in [2.24, 2.45) is 0 Å². The zero-order valence-corrected chi connectivity index (χ0v) is 13.1. The van der Waals surface area contributed by atoms with Crippen LogP contribution in [-0.2, 0) is 0 Å². The molecule has 2 aromatic carbocycles. The maximum absolute atomic E-state index is 13.4. The number of allylic oxidation sites excluding steroid dienone is 1. The quantitative estimate of drug-likeness (QED) is 0.582. The Bertz CT molecular complexity index is 890. The van der Waals surface area contributed by atoms with Gasteiger partial charge in [-0.25, -0.2) is 4.39 Å². The first kappa shape index (κ1) is 14.1. The molecule has 0 atom stereocenters. The zero-order valence-electron chi connectivity index (χ0n) is 13.1. The van der Waals surface area contributed by atoms with Gasteiger partial charge in [-0.2, -0.15) is 0 Å². The first-order valence-electron chi connectivity index (χ1n) is 8.09. The average molecular weight is 303 g/mol. The molecule has 1 aromatic heterocycles. The maximum atomic E-state index is 13.4. The molecule has 4 rings (SSSR count). The summed E-state index contributed by atoms with van der Waals surface area (Å²) in [5.74, 6) is 0.354. The molecule has 23 heavy (non-hydrogen) atoms. The van der Waals surface area contributed by atoms with E-state index in [9.17, 15) is 4.39 Å². The molecule has 2 heteroatoms. The summed E-state index contributed by atoms with van der Waals surface area (Å²) in [5.41, 5.74) is 5.58. The highest BCUT2D eigenvalue weighted by molar-refractivity contribution is 5.99. The smallest absolute Gasteiger partial charge is 0.123 e. The molecular weight excluding hydrogens is 285 g/mol. The molecule has 1 aliphatic carbocycles. The van der Waals surface area contributed by atoms with Gasteiger partial charge in [-0.3, -0.25) is 4.98 Å². The van der Waals surface area contributed by atoms with E-state index in [-0.39, 0.29) is 5.82 Å². The lowest BCUT2D eigenvalue weighted by Gasteiger charge is -2.15. The molecule has 0 radical (unpaired) electrons. The van der Waals surface area contributed by atoms with E-state index in [1.165, 1.54) is 36.2 Å². The third kappa shape index (κ3) is 2.55. The minimum absolute atomic E-state index is 0.206. The summed E-state index contributed by atoms with van der Waals surface area (Å²) in [7, 11) is 0. The van der Waals surface area contributed by atoms with E-state index in [2.05, 4.69) is 24.3 Å². The molecule has 3 aromatic rings. The summed E-state index contributed by atoms with van der Waals surface area (Å²) in [6, 6.07) is 15.0. The largest absolute Gasteiger partial charge is 0.252 e. The van der Waals surface area contributed by atoms with Gasteiger partial charge in [0.25, 0.3) is 0 Å². The lowest BCUT2D eigenvalue weighted by Crippen LogP contribution is -1.98. The van der Waals surface area contributed by atoms with Crippen LogP contribution in [0.5, 0.6) is 0 Å². The van der Waals surface area contributed by atoms with Gasteiger partial charge in [0, 0.05) is 22.4 Å². The highest BCUT2D eigenvalue weighted by Gasteiger charge is 2.29. The van der Waals surface area contributed by atoms with Gasteiger partial charge in [0.15, 0.2) is 0 Å². The predicted molar refractivity (Wildman–Crippen MR) is 93.8 cm³/mol. The molecule has 114 valence electrons. The van der Waals surface area contributed by atoms with Gasteiger partial charge in [0.1, 0.15) is 5.82 Å². The van der Waals surface area contributed by atoms with Crippen LogP contribution in [0.3, 0.4) is 0 Å². The number of halogens is 1. The molecule has 1 heterocycles. The van der Waals surface area contributed by atoms with Crippen molar-refractivity contribution in [2.45, 2.75) is 25.7 Å². The summed E-state index contributed by atoms with van der Waals surface area (Å²) in [4.78, 5) is 4.93. The number of pyridine rings is 1. The Labute approximate surface area is 135 Å². The molecule has 0 amide bonds. The number of rotatable bonds is 3. The Morgan fingerprint density at radius 3 is 2.48 bits per heavy atom. The Balaban J connectivity index is 2.09. The van der Waals surface area contributed by atoms with E-state index >= 15 is 0 Å². The topological polar surface area (TPSA) is 12.9 Å². The lowest BCUT2D eigenvalue weighted by molar-refractivity contribution is 0.628. The van der Waals surface area contributed by atoms with Crippen LogP contribution >= 0.6 is 0 Å². The third-order valence-electron chi connectivity index (χ3n) is 4.39. The number of para-hydroxylation sites is 1. The molecule has 0 aliphatic heterocycles. The zero-order chi connectivity index (χ0) is 15.8. The summed E-state index contributed by atoms with van der Waals surface area (Å²) in [5, 5.41) is 1.12. The fraction of sp³-hybridized carbons (Fsp3) is 0.190. The Hall–Kier alpha value is -2.48. The number of hydrogen-bond donors (Lipinski definition) is 0. The fourth-order valence-electron chi connectivity index (χ4n) is 3.18. The predicted octanol–water partition coefficient (Wildman–Crippen LogP) is 5.95. The van der Waals surface area contributed by atoms with Crippen LogP contribution in [0.25, 0.3) is 28.1 Å². The van der Waals surface area contributed by atoms with Crippen LogP contribution in [0.1, 0.15) is 36.9 Å². The number of nitrogens with zero attached hydrogens (tertiary/aromatic N) is 1. The van der Waals surface area contributed by atoms with Crippen LogP contribution in [-0.4, -0.2) is 4.98 Å². The molecule has 1 aliphatic rings. The van der Waals surface area contributed by atoms with Crippen LogP contribution in [0.4, 0.5) is 4.39 Å².